The van der Waals surface area contributed by atoms with Gasteiger partial charge in [0.1, 0.15) is 17.1 Å². The summed E-state index contributed by atoms with van der Waals surface area (Å²) < 4.78 is 17.5. The number of nitrogens with one attached hydrogen (secondary N) is 1. The number of amides is 1. The summed E-state index contributed by atoms with van der Waals surface area (Å²) in [6.45, 7) is 8.74. The Morgan fingerprint density at radius 2 is 1.95 bits per heavy atom. The monoisotopic (exact) mass is 556 g/mol. The van der Waals surface area contributed by atoms with Gasteiger partial charge in [-0.15, -0.1) is 0 Å². The molecule has 0 saturated carbocycles. The van der Waals surface area contributed by atoms with Crippen molar-refractivity contribution in [2.75, 3.05) is 31.2 Å². The highest BCUT2D eigenvalue weighted by Gasteiger charge is 2.28. The lowest BCUT2D eigenvalue weighted by Crippen LogP contribution is -2.47. The number of carbonyl (C=O) groups is 1. The zero-order chi connectivity index (χ0) is 29.1. The Morgan fingerprint density at radius 3 is 2.73 bits per heavy atom. The van der Waals surface area contributed by atoms with E-state index in [2.05, 4.69) is 15.3 Å². The fourth-order valence-electron chi connectivity index (χ4n) is 4.85. The second-order valence-electron chi connectivity index (χ2n) is 11.2. The summed E-state index contributed by atoms with van der Waals surface area (Å²) in [5.74, 6) is 2.06. The van der Waals surface area contributed by atoms with Gasteiger partial charge >= 0.3 is 6.09 Å². The number of methoxy groups -OCH3 is 1. The number of aromatic nitrogens is 3. The van der Waals surface area contributed by atoms with Gasteiger partial charge in [-0.2, -0.15) is 0 Å². The number of piperidine rings is 1. The van der Waals surface area contributed by atoms with Gasteiger partial charge in [0.15, 0.2) is 0 Å². The Kier molecular flexibility index (Phi) is 7.83. The minimum atomic E-state index is -0.545. The molecule has 41 heavy (non-hydrogen) atoms. The first kappa shape index (κ1) is 27.9. The molecule has 5 rings (SSSR count). The van der Waals surface area contributed by atoms with E-state index >= 15 is 0 Å². The van der Waals surface area contributed by atoms with Crippen LogP contribution in [0.5, 0.6) is 17.4 Å². The van der Waals surface area contributed by atoms with E-state index in [1.165, 1.54) is 0 Å². The third-order valence-corrected chi connectivity index (χ3v) is 6.84. The van der Waals surface area contributed by atoms with Crippen LogP contribution in [0, 0.1) is 6.92 Å². The van der Waals surface area contributed by atoms with Crippen LogP contribution in [0.1, 0.15) is 39.2 Å². The maximum Gasteiger partial charge on any atom is 0.410 e. The maximum absolute atomic E-state index is 12.6. The highest BCUT2D eigenvalue weighted by Crippen LogP contribution is 2.39. The van der Waals surface area contributed by atoms with Gasteiger partial charge < -0.3 is 30.2 Å². The van der Waals surface area contributed by atoms with Gasteiger partial charge in [-0.1, -0.05) is 24.3 Å². The molecule has 10 heteroatoms. The highest BCUT2D eigenvalue weighted by atomic mass is 16.6. The molecule has 1 aliphatic rings. The smallest absolute Gasteiger partial charge is 0.410 e. The summed E-state index contributed by atoms with van der Waals surface area (Å²) in [5, 5.41) is 5.20. The maximum atomic E-state index is 12.6. The molecule has 2 aromatic carbocycles. The van der Waals surface area contributed by atoms with Gasteiger partial charge in [0.2, 0.25) is 11.8 Å². The number of nitrogen functional groups attached to an aromatic ring is 1. The fraction of sp³-hybridized carbons (Fsp3) is 0.355. The normalized spacial score (nSPS) is 15.4. The minimum Gasteiger partial charge on any atom is -0.495 e. The van der Waals surface area contributed by atoms with Crippen LogP contribution in [0.3, 0.4) is 0 Å². The van der Waals surface area contributed by atoms with Gasteiger partial charge in [0.05, 0.1) is 24.6 Å². The molecule has 2 aromatic heterocycles. The van der Waals surface area contributed by atoms with Crippen molar-refractivity contribution in [2.45, 2.75) is 52.2 Å². The number of fused-ring (bicyclic) bond motifs is 1. The number of carbonyl (C=O) groups excluding carboxylic acids is 1. The van der Waals surface area contributed by atoms with Crippen molar-refractivity contribution in [1.29, 1.82) is 0 Å². The van der Waals surface area contributed by atoms with Crippen molar-refractivity contribution in [2.24, 2.45) is 0 Å². The average Bonchev–Trinajstić information content (AvgIpc) is 2.94. The molecular formula is C31H36N6O4. The van der Waals surface area contributed by atoms with E-state index in [0.29, 0.717) is 53.4 Å². The first-order valence-electron chi connectivity index (χ1n) is 13.7. The first-order valence-corrected chi connectivity index (χ1v) is 13.7. The number of likely N-dealkylation sites (tertiary alicyclic amines) is 1. The van der Waals surface area contributed by atoms with Crippen LogP contribution >= 0.6 is 0 Å². The van der Waals surface area contributed by atoms with Crippen LogP contribution in [0.4, 0.5) is 16.4 Å². The molecule has 4 aromatic rings. The fourth-order valence-corrected chi connectivity index (χ4v) is 4.85. The quantitative estimate of drug-likeness (QED) is 0.267. The van der Waals surface area contributed by atoms with Crippen LogP contribution < -0.4 is 20.5 Å². The molecule has 1 fully saturated rings. The molecule has 214 valence electrons. The lowest BCUT2D eigenvalue weighted by atomic mass is 10.0. The molecule has 0 radical (unpaired) electrons. The molecule has 1 aliphatic heterocycles. The lowest BCUT2D eigenvalue weighted by Gasteiger charge is -2.34. The minimum absolute atomic E-state index is 0.0190. The van der Waals surface area contributed by atoms with E-state index in [0.717, 1.165) is 29.2 Å². The van der Waals surface area contributed by atoms with Crippen LogP contribution in [-0.4, -0.2) is 57.8 Å². The molecule has 3 heterocycles. The van der Waals surface area contributed by atoms with Gasteiger partial charge in [0.25, 0.3) is 0 Å². The molecule has 10 nitrogen and oxygen atoms in total. The summed E-state index contributed by atoms with van der Waals surface area (Å²) in [5.41, 5.74) is 8.57. The SMILES string of the molecule is COc1cnc(Oc2c(C)ccc3c(N)cccc23)c(-c2ccnc(N[C@H]3CCCN(C(=O)OC(C)(C)C)C3)n2)c1. The molecule has 3 N–H and O–H groups in total. The Labute approximate surface area is 239 Å². The molecular weight excluding hydrogens is 520 g/mol. The van der Waals surface area contributed by atoms with Crippen molar-refractivity contribution >= 4 is 28.5 Å². The van der Waals surface area contributed by atoms with E-state index in [1.807, 2.05) is 64.1 Å². The molecule has 0 unspecified atom stereocenters. The number of nitrogens with two attached hydrogens (primary N) is 1. The summed E-state index contributed by atoms with van der Waals surface area (Å²) >= 11 is 0. The zero-order valence-electron chi connectivity index (χ0n) is 24.1. The molecule has 1 amide bonds. The number of ether oxygens (including phenoxy) is 3. The van der Waals surface area contributed by atoms with Crippen LogP contribution in [0.25, 0.3) is 22.0 Å². The van der Waals surface area contributed by atoms with Crippen molar-refractivity contribution in [3.8, 4) is 28.6 Å². The topological polar surface area (TPSA) is 125 Å². The summed E-state index contributed by atoms with van der Waals surface area (Å²) in [7, 11) is 1.59. The predicted octanol–water partition coefficient (Wildman–Crippen LogP) is 6.19. The number of hydrogen-bond acceptors (Lipinski definition) is 9. The number of benzene rings is 2. The number of rotatable bonds is 6. The lowest BCUT2D eigenvalue weighted by molar-refractivity contribution is 0.0206. The van der Waals surface area contributed by atoms with E-state index in [1.54, 1.807) is 30.5 Å². The van der Waals surface area contributed by atoms with E-state index in [4.69, 9.17) is 24.9 Å². The Morgan fingerprint density at radius 1 is 1.12 bits per heavy atom. The number of aryl methyl sites for hydroxylation is 1. The second kappa shape index (κ2) is 11.5. The molecule has 1 saturated heterocycles. The Bertz CT molecular complexity index is 1570. The molecule has 0 bridgehead atoms. The second-order valence-corrected chi connectivity index (χ2v) is 11.2. The summed E-state index contributed by atoms with van der Waals surface area (Å²) in [6.07, 6.45) is 4.72. The van der Waals surface area contributed by atoms with Gasteiger partial charge in [0, 0.05) is 41.8 Å². The third kappa shape index (κ3) is 6.42. The Balaban J connectivity index is 1.42. The van der Waals surface area contributed by atoms with Crippen molar-refractivity contribution in [3.05, 3.63) is 60.4 Å². The third-order valence-electron chi connectivity index (χ3n) is 6.84. The summed E-state index contributed by atoms with van der Waals surface area (Å²) in [4.78, 5) is 28.2. The van der Waals surface area contributed by atoms with Gasteiger partial charge in [-0.3, -0.25) is 0 Å². The standard InChI is InChI=1S/C31H36N6O4/c1-19-11-12-22-23(9-6-10-25(22)32)27(19)40-28-24(16-21(39-5)17-34-28)26-13-14-33-29(36-26)35-20-8-7-15-37(18-20)30(38)41-31(2,3)4/h6,9-14,16-17,20H,7-8,15,18,32H2,1-5H3,(H,33,35,36)/t20-/m0/s1. The summed E-state index contributed by atoms with van der Waals surface area (Å²) in [6, 6.07) is 13.4. The molecule has 0 spiro atoms. The van der Waals surface area contributed by atoms with Gasteiger partial charge in [-0.25, -0.2) is 19.7 Å². The number of nitrogens with zero attached hydrogens (tertiary/aromatic N) is 4. The molecule has 1 atom stereocenters. The van der Waals surface area contributed by atoms with Crippen molar-refractivity contribution in [1.82, 2.24) is 19.9 Å². The van der Waals surface area contributed by atoms with Crippen molar-refractivity contribution in [3.63, 3.8) is 0 Å². The van der Waals surface area contributed by atoms with Crippen LogP contribution in [0.2, 0.25) is 0 Å². The number of anilines is 2. The number of pyridine rings is 1. The van der Waals surface area contributed by atoms with E-state index in [9.17, 15) is 4.79 Å². The van der Waals surface area contributed by atoms with E-state index < -0.39 is 5.60 Å². The van der Waals surface area contributed by atoms with Crippen molar-refractivity contribution < 1.29 is 19.0 Å². The molecule has 0 aliphatic carbocycles. The van der Waals surface area contributed by atoms with Crippen LogP contribution in [-0.2, 0) is 4.74 Å². The number of hydrogen-bond donors (Lipinski definition) is 2. The highest BCUT2D eigenvalue weighted by molar-refractivity contribution is 5.97. The zero-order valence-corrected chi connectivity index (χ0v) is 24.1. The predicted molar refractivity (Wildman–Crippen MR) is 159 cm³/mol. The van der Waals surface area contributed by atoms with E-state index in [-0.39, 0.29) is 12.1 Å². The first-order chi connectivity index (χ1) is 19.6. The Hall–Kier alpha value is -4.60. The largest absolute Gasteiger partial charge is 0.495 e. The van der Waals surface area contributed by atoms with Gasteiger partial charge in [-0.05, 0) is 64.3 Å². The average molecular weight is 557 g/mol. The van der Waals surface area contributed by atoms with Crippen LogP contribution in [0.15, 0.2) is 54.9 Å².